The standard InChI is InChI=1S/C10H12FNO2/c1-12-6-10(13)8-4-3-7(14-2)5-9(8)11/h3-5,12H,6H2,1-2H3. The number of carbonyl (C=O) groups excluding carboxylic acids is 1. The van der Waals surface area contributed by atoms with Gasteiger partial charge in [-0.2, -0.15) is 0 Å². The Labute approximate surface area is 81.9 Å². The van der Waals surface area contributed by atoms with Crippen molar-refractivity contribution < 1.29 is 13.9 Å². The minimum absolute atomic E-state index is 0.0835. The van der Waals surface area contributed by atoms with E-state index in [9.17, 15) is 9.18 Å². The van der Waals surface area contributed by atoms with Crippen LogP contribution >= 0.6 is 0 Å². The number of hydrogen-bond donors (Lipinski definition) is 1. The monoisotopic (exact) mass is 197 g/mol. The minimum Gasteiger partial charge on any atom is -0.497 e. The predicted octanol–water partition coefficient (Wildman–Crippen LogP) is 1.24. The lowest BCUT2D eigenvalue weighted by molar-refractivity contribution is 0.0989. The molecule has 0 unspecified atom stereocenters. The van der Waals surface area contributed by atoms with E-state index in [-0.39, 0.29) is 17.9 Å². The zero-order chi connectivity index (χ0) is 10.6. The molecule has 0 aliphatic rings. The van der Waals surface area contributed by atoms with Gasteiger partial charge >= 0.3 is 0 Å². The molecule has 0 fully saturated rings. The van der Waals surface area contributed by atoms with E-state index in [0.717, 1.165) is 0 Å². The number of nitrogens with one attached hydrogen (secondary N) is 1. The normalized spacial score (nSPS) is 9.93. The third-order valence-corrected chi connectivity index (χ3v) is 1.81. The highest BCUT2D eigenvalue weighted by Crippen LogP contribution is 2.16. The average Bonchev–Trinajstić information content (AvgIpc) is 2.17. The third kappa shape index (κ3) is 2.29. The van der Waals surface area contributed by atoms with Crippen molar-refractivity contribution in [3.63, 3.8) is 0 Å². The van der Waals surface area contributed by atoms with Gasteiger partial charge in [0.25, 0.3) is 0 Å². The highest BCUT2D eigenvalue weighted by molar-refractivity contribution is 5.97. The molecule has 0 aromatic heterocycles. The second-order valence-corrected chi connectivity index (χ2v) is 2.80. The fourth-order valence-electron chi connectivity index (χ4n) is 1.10. The molecule has 0 radical (unpaired) electrons. The smallest absolute Gasteiger partial charge is 0.179 e. The van der Waals surface area contributed by atoms with Crippen LogP contribution in [0.5, 0.6) is 5.75 Å². The molecule has 3 nitrogen and oxygen atoms in total. The first kappa shape index (κ1) is 10.7. The maximum atomic E-state index is 13.3. The van der Waals surface area contributed by atoms with Crippen LogP contribution in [-0.2, 0) is 0 Å². The first-order valence-electron chi connectivity index (χ1n) is 4.20. The van der Waals surface area contributed by atoms with Gasteiger partial charge in [-0.15, -0.1) is 0 Å². The summed E-state index contributed by atoms with van der Waals surface area (Å²) in [4.78, 5) is 11.3. The third-order valence-electron chi connectivity index (χ3n) is 1.81. The summed E-state index contributed by atoms with van der Waals surface area (Å²) < 4.78 is 18.1. The lowest BCUT2D eigenvalue weighted by Gasteiger charge is -2.04. The highest BCUT2D eigenvalue weighted by Gasteiger charge is 2.11. The van der Waals surface area contributed by atoms with Gasteiger partial charge in [0, 0.05) is 6.07 Å². The van der Waals surface area contributed by atoms with Gasteiger partial charge in [0.2, 0.25) is 0 Å². The lowest BCUT2D eigenvalue weighted by atomic mass is 10.1. The molecule has 1 aromatic carbocycles. The summed E-state index contributed by atoms with van der Waals surface area (Å²) in [5.41, 5.74) is 0.0835. The molecule has 0 aliphatic heterocycles. The van der Waals surface area contributed by atoms with Gasteiger partial charge in [-0.05, 0) is 19.2 Å². The fraction of sp³-hybridized carbons (Fsp3) is 0.300. The maximum absolute atomic E-state index is 13.3. The van der Waals surface area contributed by atoms with Gasteiger partial charge in [-0.1, -0.05) is 0 Å². The molecule has 0 atom stereocenters. The van der Waals surface area contributed by atoms with Crippen molar-refractivity contribution in [2.24, 2.45) is 0 Å². The van der Waals surface area contributed by atoms with Gasteiger partial charge in [-0.3, -0.25) is 4.79 Å². The Balaban J connectivity index is 2.94. The van der Waals surface area contributed by atoms with Crippen LogP contribution in [0.25, 0.3) is 0 Å². The van der Waals surface area contributed by atoms with E-state index in [1.807, 2.05) is 0 Å². The number of carbonyl (C=O) groups is 1. The van der Waals surface area contributed by atoms with Gasteiger partial charge in [-0.25, -0.2) is 4.39 Å². The molecule has 0 aliphatic carbocycles. The van der Waals surface area contributed by atoms with Crippen molar-refractivity contribution in [2.75, 3.05) is 20.7 Å². The van der Waals surface area contributed by atoms with Gasteiger partial charge in [0.05, 0.1) is 19.2 Å². The number of likely N-dealkylation sites (N-methyl/N-ethyl adjacent to an activating group) is 1. The SMILES string of the molecule is CNCC(=O)c1ccc(OC)cc1F. The van der Waals surface area contributed by atoms with E-state index < -0.39 is 5.82 Å². The molecule has 0 spiro atoms. The topological polar surface area (TPSA) is 38.3 Å². The summed E-state index contributed by atoms with van der Waals surface area (Å²) in [5.74, 6) is -0.416. The molecule has 0 heterocycles. The van der Waals surface area contributed by atoms with E-state index >= 15 is 0 Å². The summed E-state index contributed by atoms with van der Waals surface area (Å²) >= 11 is 0. The molecule has 1 N–H and O–H groups in total. The zero-order valence-electron chi connectivity index (χ0n) is 8.13. The molecule has 0 saturated heterocycles. The lowest BCUT2D eigenvalue weighted by Crippen LogP contribution is -2.19. The Hall–Kier alpha value is -1.42. The summed E-state index contributed by atoms with van der Waals surface area (Å²) in [6.45, 7) is 0.128. The molecule has 1 rings (SSSR count). The highest BCUT2D eigenvalue weighted by atomic mass is 19.1. The van der Waals surface area contributed by atoms with Gasteiger partial charge < -0.3 is 10.1 Å². The van der Waals surface area contributed by atoms with Crippen LogP contribution in [0.2, 0.25) is 0 Å². The molecular weight excluding hydrogens is 185 g/mol. The van der Waals surface area contributed by atoms with E-state index in [1.165, 1.54) is 19.2 Å². The molecular formula is C10H12FNO2. The maximum Gasteiger partial charge on any atom is 0.179 e. The minimum atomic E-state index is -0.551. The van der Waals surface area contributed by atoms with Crippen molar-refractivity contribution in [1.29, 1.82) is 0 Å². The Morgan fingerprint density at radius 3 is 2.79 bits per heavy atom. The zero-order valence-corrected chi connectivity index (χ0v) is 8.13. The number of Topliss-reactive ketones (excluding diaryl/α,β-unsaturated/α-hetero) is 1. The Morgan fingerprint density at radius 1 is 1.57 bits per heavy atom. The van der Waals surface area contributed by atoms with Crippen LogP contribution in [0.3, 0.4) is 0 Å². The number of rotatable bonds is 4. The molecule has 4 heteroatoms. The first-order chi connectivity index (χ1) is 6.69. The summed E-state index contributed by atoms with van der Waals surface area (Å²) in [5, 5.41) is 2.67. The van der Waals surface area contributed by atoms with Crippen LogP contribution in [0, 0.1) is 5.82 Å². The fourth-order valence-corrected chi connectivity index (χ4v) is 1.10. The predicted molar refractivity (Wildman–Crippen MR) is 51.2 cm³/mol. The number of hydrogen-bond acceptors (Lipinski definition) is 3. The number of halogens is 1. The molecule has 14 heavy (non-hydrogen) atoms. The quantitative estimate of drug-likeness (QED) is 0.738. The molecule has 0 amide bonds. The first-order valence-corrected chi connectivity index (χ1v) is 4.20. The number of ether oxygens (including phenoxy) is 1. The number of methoxy groups -OCH3 is 1. The molecule has 1 aromatic rings. The second kappa shape index (κ2) is 4.72. The van der Waals surface area contributed by atoms with E-state index in [4.69, 9.17) is 4.74 Å². The van der Waals surface area contributed by atoms with Crippen LogP contribution in [-0.4, -0.2) is 26.5 Å². The molecule has 0 bridgehead atoms. The van der Waals surface area contributed by atoms with Crippen molar-refractivity contribution in [2.45, 2.75) is 0 Å². The summed E-state index contributed by atoms with van der Waals surface area (Å²) in [6, 6.07) is 4.18. The van der Waals surface area contributed by atoms with Crippen molar-refractivity contribution in [3.05, 3.63) is 29.6 Å². The van der Waals surface area contributed by atoms with Crippen molar-refractivity contribution in [1.82, 2.24) is 5.32 Å². The van der Waals surface area contributed by atoms with Crippen LogP contribution in [0.4, 0.5) is 4.39 Å². The van der Waals surface area contributed by atoms with Crippen molar-refractivity contribution in [3.8, 4) is 5.75 Å². The Bertz CT molecular complexity index is 339. The number of ketones is 1. The summed E-state index contributed by atoms with van der Waals surface area (Å²) in [6.07, 6.45) is 0. The van der Waals surface area contributed by atoms with E-state index in [1.54, 1.807) is 13.1 Å². The van der Waals surface area contributed by atoms with Gasteiger partial charge in [0.1, 0.15) is 11.6 Å². The van der Waals surface area contributed by atoms with Gasteiger partial charge in [0.15, 0.2) is 5.78 Å². The van der Waals surface area contributed by atoms with E-state index in [2.05, 4.69) is 5.32 Å². The van der Waals surface area contributed by atoms with Crippen molar-refractivity contribution >= 4 is 5.78 Å². The Kier molecular flexibility index (Phi) is 3.59. The van der Waals surface area contributed by atoms with Crippen LogP contribution < -0.4 is 10.1 Å². The Morgan fingerprint density at radius 2 is 2.29 bits per heavy atom. The average molecular weight is 197 g/mol. The summed E-state index contributed by atoms with van der Waals surface area (Å²) in [7, 11) is 3.09. The molecule has 76 valence electrons. The van der Waals surface area contributed by atoms with Crippen LogP contribution in [0.15, 0.2) is 18.2 Å². The molecule has 0 saturated carbocycles. The number of benzene rings is 1. The van der Waals surface area contributed by atoms with Crippen LogP contribution in [0.1, 0.15) is 10.4 Å². The second-order valence-electron chi connectivity index (χ2n) is 2.80. The van der Waals surface area contributed by atoms with E-state index in [0.29, 0.717) is 5.75 Å². The largest absolute Gasteiger partial charge is 0.497 e.